The summed E-state index contributed by atoms with van der Waals surface area (Å²) >= 11 is 6.03. The molecule has 0 aliphatic carbocycles. The van der Waals surface area contributed by atoms with Gasteiger partial charge in [-0.05, 0) is 50.3 Å². The summed E-state index contributed by atoms with van der Waals surface area (Å²) in [7, 11) is -3.47. The van der Waals surface area contributed by atoms with Gasteiger partial charge in [0.25, 0.3) is 0 Å². The molecule has 2 rings (SSSR count). The van der Waals surface area contributed by atoms with Gasteiger partial charge in [-0.2, -0.15) is 4.31 Å². The van der Waals surface area contributed by atoms with Gasteiger partial charge in [-0.3, -0.25) is 0 Å². The number of rotatable bonds is 3. The van der Waals surface area contributed by atoms with E-state index in [1.807, 2.05) is 13.8 Å². The number of halogens is 2. The van der Waals surface area contributed by atoms with Crippen LogP contribution < -0.4 is 5.73 Å². The van der Waals surface area contributed by atoms with Crippen molar-refractivity contribution in [3.8, 4) is 0 Å². The number of nitrogens with two attached hydrogens (primary N) is 1. The Hall–Kier alpha value is -0.330. The van der Waals surface area contributed by atoms with Gasteiger partial charge in [0.15, 0.2) is 0 Å². The predicted molar refractivity (Wildman–Crippen MR) is 88.6 cm³/mol. The molecule has 1 aromatic rings. The maximum Gasteiger partial charge on any atom is 0.243 e. The lowest BCUT2D eigenvalue weighted by Gasteiger charge is -2.33. The first-order chi connectivity index (χ1) is 9.32. The summed E-state index contributed by atoms with van der Waals surface area (Å²) in [6.07, 6.45) is 1.84. The molecule has 0 radical (unpaired) electrons. The van der Waals surface area contributed by atoms with Gasteiger partial charge in [-0.25, -0.2) is 8.42 Å². The minimum Gasteiger partial charge on any atom is -0.328 e. The molecule has 0 spiro atoms. The fourth-order valence-electron chi connectivity index (χ4n) is 2.50. The van der Waals surface area contributed by atoms with Gasteiger partial charge in [0.2, 0.25) is 10.0 Å². The van der Waals surface area contributed by atoms with Crippen LogP contribution in [0.2, 0.25) is 5.02 Å². The van der Waals surface area contributed by atoms with Crippen molar-refractivity contribution in [3.63, 3.8) is 0 Å². The topological polar surface area (TPSA) is 63.4 Å². The maximum absolute atomic E-state index is 12.6. The average molecular weight is 353 g/mol. The molecular formula is C14H22Cl2N2O2S. The van der Waals surface area contributed by atoms with Crippen LogP contribution >= 0.6 is 24.0 Å². The Balaban J connectivity index is 0.00000220. The Labute approximate surface area is 138 Å². The van der Waals surface area contributed by atoms with Crippen LogP contribution in [0, 0.1) is 12.8 Å². The summed E-state index contributed by atoms with van der Waals surface area (Å²) in [5.74, 6) is 0.222. The molecule has 7 heteroatoms. The molecule has 1 saturated heterocycles. The van der Waals surface area contributed by atoms with Crippen LogP contribution in [-0.2, 0) is 10.0 Å². The van der Waals surface area contributed by atoms with Gasteiger partial charge in [0.1, 0.15) is 0 Å². The normalized spacial score (nSPS) is 21.6. The molecule has 2 N–H and O–H groups in total. The first-order valence-corrected chi connectivity index (χ1v) is 8.66. The van der Waals surface area contributed by atoms with E-state index in [-0.39, 0.29) is 29.3 Å². The lowest BCUT2D eigenvalue weighted by atomic mass is 9.93. The Kier molecular flexibility index (Phi) is 6.50. The summed E-state index contributed by atoms with van der Waals surface area (Å²) in [4.78, 5) is 0.262. The lowest BCUT2D eigenvalue weighted by Crippen LogP contribution is -2.44. The number of hydrogen-bond acceptors (Lipinski definition) is 3. The van der Waals surface area contributed by atoms with Crippen molar-refractivity contribution in [2.24, 2.45) is 11.7 Å². The fourth-order valence-corrected chi connectivity index (χ4v) is 4.31. The van der Waals surface area contributed by atoms with E-state index in [1.165, 1.54) is 10.4 Å². The molecule has 1 aromatic carbocycles. The third kappa shape index (κ3) is 4.11. The van der Waals surface area contributed by atoms with Crippen LogP contribution in [0.25, 0.3) is 0 Å². The molecule has 1 aliphatic rings. The highest BCUT2D eigenvalue weighted by atomic mass is 35.5. The Bertz CT molecular complexity index is 591. The van der Waals surface area contributed by atoms with Crippen LogP contribution in [0.1, 0.15) is 25.3 Å². The molecule has 0 aromatic heterocycles. The van der Waals surface area contributed by atoms with Gasteiger partial charge in [0.05, 0.1) is 4.90 Å². The van der Waals surface area contributed by atoms with E-state index in [1.54, 1.807) is 12.1 Å². The van der Waals surface area contributed by atoms with Crippen molar-refractivity contribution in [3.05, 3.63) is 28.8 Å². The van der Waals surface area contributed by atoms with Crippen molar-refractivity contribution in [2.45, 2.75) is 37.6 Å². The SMILES string of the molecule is Cc1ccc(S(=O)(=O)N2CCCC(C(C)N)C2)cc1Cl.Cl. The number of aryl methyl sites for hydroxylation is 1. The standard InChI is InChI=1S/C14H21ClN2O2S.ClH/c1-10-5-6-13(8-14(10)15)20(18,19)17-7-3-4-12(9-17)11(2)16;/h5-6,8,11-12H,3-4,7,9,16H2,1-2H3;1H. The predicted octanol–water partition coefficient (Wildman–Crippen LogP) is 2.82. The van der Waals surface area contributed by atoms with Crippen LogP contribution in [0.5, 0.6) is 0 Å². The van der Waals surface area contributed by atoms with Gasteiger partial charge < -0.3 is 5.73 Å². The Morgan fingerprint density at radius 2 is 2.10 bits per heavy atom. The molecule has 21 heavy (non-hydrogen) atoms. The van der Waals surface area contributed by atoms with E-state index in [2.05, 4.69) is 0 Å². The maximum atomic E-state index is 12.6. The van der Waals surface area contributed by atoms with Gasteiger partial charge in [-0.1, -0.05) is 17.7 Å². The van der Waals surface area contributed by atoms with E-state index in [9.17, 15) is 8.42 Å². The van der Waals surface area contributed by atoms with Crippen LogP contribution in [0.4, 0.5) is 0 Å². The van der Waals surface area contributed by atoms with Crippen LogP contribution in [0.3, 0.4) is 0 Å². The molecule has 1 aliphatic heterocycles. The van der Waals surface area contributed by atoms with Crippen LogP contribution in [-0.4, -0.2) is 31.9 Å². The summed E-state index contributed by atoms with van der Waals surface area (Å²) < 4.78 is 26.8. The molecule has 120 valence electrons. The first-order valence-electron chi connectivity index (χ1n) is 6.84. The zero-order valence-corrected chi connectivity index (χ0v) is 14.6. The van der Waals surface area contributed by atoms with Crippen molar-refractivity contribution in [1.82, 2.24) is 4.31 Å². The summed E-state index contributed by atoms with van der Waals surface area (Å²) in [5, 5.41) is 0.479. The summed E-state index contributed by atoms with van der Waals surface area (Å²) in [5.41, 5.74) is 6.79. The molecule has 4 nitrogen and oxygen atoms in total. The molecule has 0 bridgehead atoms. The smallest absolute Gasteiger partial charge is 0.243 e. The average Bonchev–Trinajstić information content (AvgIpc) is 2.42. The van der Waals surface area contributed by atoms with E-state index in [4.69, 9.17) is 17.3 Å². The number of piperidine rings is 1. The van der Waals surface area contributed by atoms with Gasteiger partial charge in [-0.15, -0.1) is 12.4 Å². The number of hydrogen-bond donors (Lipinski definition) is 1. The van der Waals surface area contributed by atoms with E-state index in [0.717, 1.165) is 18.4 Å². The lowest BCUT2D eigenvalue weighted by molar-refractivity contribution is 0.243. The first kappa shape index (κ1) is 18.7. The largest absolute Gasteiger partial charge is 0.328 e. The minimum absolute atomic E-state index is 0. The second-order valence-corrected chi connectivity index (χ2v) is 7.88. The highest BCUT2D eigenvalue weighted by Gasteiger charge is 2.31. The zero-order chi connectivity index (χ0) is 14.9. The second-order valence-electron chi connectivity index (χ2n) is 5.54. The number of nitrogens with zero attached hydrogens (tertiary/aromatic N) is 1. The van der Waals surface area contributed by atoms with Gasteiger partial charge in [0, 0.05) is 24.2 Å². The van der Waals surface area contributed by atoms with E-state index < -0.39 is 10.0 Å². The second kappa shape index (κ2) is 7.29. The fraction of sp³-hybridized carbons (Fsp3) is 0.571. The van der Waals surface area contributed by atoms with Gasteiger partial charge >= 0.3 is 0 Å². The zero-order valence-electron chi connectivity index (χ0n) is 12.3. The molecule has 2 unspecified atom stereocenters. The molecular weight excluding hydrogens is 331 g/mol. The minimum atomic E-state index is -3.47. The van der Waals surface area contributed by atoms with Crippen molar-refractivity contribution >= 4 is 34.0 Å². The third-order valence-corrected chi connectivity index (χ3v) is 6.21. The van der Waals surface area contributed by atoms with Crippen molar-refractivity contribution < 1.29 is 8.42 Å². The molecule has 0 saturated carbocycles. The number of benzene rings is 1. The molecule has 2 atom stereocenters. The third-order valence-electron chi connectivity index (χ3n) is 3.95. The van der Waals surface area contributed by atoms with E-state index in [0.29, 0.717) is 18.1 Å². The highest BCUT2D eigenvalue weighted by Crippen LogP contribution is 2.27. The number of sulfonamides is 1. The monoisotopic (exact) mass is 352 g/mol. The molecule has 0 amide bonds. The summed E-state index contributed by atoms with van der Waals surface area (Å²) in [6, 6.07) is 4.89. The highest BCUT2D eigenvalue weighted by molar-refractivity contribution is 7.89. The van der Waals surface area contributed by atoms with Crippen molar-refractivity contribution in [1.29, 1.82) is 0 Å². The molecule has 1 heterocycles. The quantitative estimate of drug-likeness (QED) is 0.909. The van der Waals surface area contributed by atoms with Crippen molar-refractivity contribution in [2.75, 3.05) is 13.1 Å². The van der Waals surface area contributed by atoms with E-state index >= 15 is 0 Å². The Morgan fingerprint density at radius 1 is 1.43 bits per heavy atom. The van der Waals surface area contributed by atoms with Crippen LogP contribution in [0.15, 0.2) is 23.1 Å². The summed E-state index contributed by atoms with van der Waals surface area (Å²) in [6.45, 7) is 4.83. The molecule has 1 fully saturated rings. The Morgan fingerprint density at radius 3 is 2.67 bits per heavy atom.